The van der Waals surface area contributed by atoms with E-state index >= 15 is 0 Å². The second kappa shape index (κ2) is 5.82. The molecular formula is C12H16FNO2S. The van der Waals surface area contributed by atoms with Gasteiger partial charge in [-0.05, 0) is 6.92 Å². The normalized spacial score (nSPS) is 9.76. The van der Waals surface area contributed by atoms with Gasteiger partial charge in [0.1, 0.15) is 11.3 Å². The number of fused-ring (bicyclic) bond motifs is 1. The molecule has 17 heavy (non-hydrogen) atoms. The molecule has 2 aromatic rings. The Morgan fingerprint density at radius 1 is 1.18 bits per heavy atom. The average molecular weight is 257 g/mol. The molecule has 3 nitrogen and oxygen atoms in total. The number of benzene rings is 1. The van der Waals surface area contributed by atoms with E-state index in [0.29, 0.717) is 16.0 Å². The van der Waals surface area contributed by atoms with Crippen LogP contribution < -0.4 is 9.47 Å². The molecule has 2 rings (SSSR count). The second-order valence-electron chi connectivity index (χ2n) is 3.01. The molecule has 0 aliphatic heterocycles. The average Bonchev–Trinajstić information content (AvgIpc) is 2.75. The lowest BCUT2D eigenvalue weighted by atomic mass is 10.3. The van der Waals surface area contributed by atoms with Gasteiger partial charge in [0, 0.05) is 6.07 Å². The summed E-state index contributed by atoms with van der Waals surface area (Å²) in [7, 11) is 2.96. The lowest BCUT2D eigenvalue weighted by molar-refractivity contribution is 0.378. The molecule has 0 aliphatic rings. The van der Waals surface area contributed by atoms with Crippen LogP contribution in [-0.4, -0.2) is 19.2 Å². The molecule has 0 spiro atoms. The molecule has 0 amide bonds. The maximum atomic E-state index is 13.8. The van der Waals surface area contributed by atoms with Crippen LogP contribution in [0.4, 0.5) is 4.39 Å². The fraction of sp³-hybridized carbons (Fsp3) is 0.417. The van der Waals surface area contributed by atoms with Crippen LogP contribution >= 0.6 is 11.3 Å². The molecule has 0 atom stereocenters. The van der Waals surface area contributed by atoms with Gasteiger partial charge in [-0.1, -0.05) is 13.8 Å². The van der Waals surface area contributed by atoms with Gasteiger partial charge in [-0.25, -0.2) is 9.37 Å². The zero-order valence-electron chi connectivity index (χ0n) is 10.6. The van der Waals surface area contributed by atoms with Crippen molar-refractivity contribution >= 4 is 21.6 Å². The van der Waals surface area contributed by atoms with Crippen molar-refractivity contribution in [3.05, 3.63) is 16.9 Å². The molecule has 1 aromatic carbocycles. The third-order valence-corrected chi connectivity index (χ3v) is 3.05. The predicted octanol–water partition coefficient (Wildman–Crippen LogP) is 3.79. The van der Waals surface area contributed by atoms with Crippen LogP contribution in [0.25, 0.3) is 10.2 Å². The maximum Gasteiger partial charge on any atom is 0.184 e. The number of nitrogens with zero attached hydrogens (tertiary/aromatic N) is 1. The van der Waals surface area contributed by atoms with E-state index in [4.69, 9.17) is 9.47 Å². The van der Waals surface area contributed by atoms with Crippen molar-refractivity contribution in [3.63, 3.8) is 0 Å². The van der Waals surface area contributed by atoms with E-state index in [0.717, 1.165) is 5.01 Å². The van der Waals surface area contributed by atoms with Crippen molar-refractivity contribution in [1.82, 2.24) is 4.98 Å². The number of methoxy groups -OCH3 is 2. The van der Waals surface area contributed by atoms with Crippen molar-refractivity contribution in [2.75, 3.05) is 14.2 Å². The van der Waals surface area contributed by atoms with Crippen molar-refractivity contribution in [2.45, 2.75) is 20.8 Å². The molecule has 0 aliphatic carbocycles. The first-order chi connectivity index (χ1) is 8.17. The highest BCUT2D eigenvalue weighted by molar-refractivity contribution is 7.18. The Labute approximate surface area is 104 Å². The number of halogens is 1. The fourth-order valence-corrected chi connectivity index (χ4v) is 2.28. The van der Waals surface area contributed by atoms with Crippen LogP contribution in [0.1, 0.15) is 18.9 Å². The first-order valence-corrected chi connectivity index (χ1v) is 6.16. The van der Waals surface area contributed by atoms with Gasteiger partial charge in [-0.2, -0.15) is 0 Å². The van der Waals surface area contributed by atoms with Gasteiger partial charge in [0.15, 0.2) is 11.6 Å². The quantitative estimate of drug-likeness (QED) is 0.820. The molecular weight excluding hydrogens is 241 g/mol. The van der Waals surface area contributed by atoms with Crippen molar-refractivity contribution in [3.8, 4) is 11.5 Å². The van der Waals surface area contributed by atoms with E-state index in [1.165, 1.54) is 31.6 Å². The maximum absolute atomic E-state index is 13.8. The van der Waals surface area contributed by atoms with Crippen molar-refractivity contribution in [2.24, 2.45) is 0 Å². The summed E-state index contributed by atoms with van der Waals surface area (Å²) in [5, 5.41) is 0.801. The van der Waals surface area contributed by atoms with E-state index in [1.807, 2.05) is 20.8 Å². The molecule has 5 heteroatoms. The summed E-state index contributed by atoms with van der Waals surface area (Å²) in [6, 6.07) is 1.51. The largest absolute Gasteiger partial charge is 0.494 e. The number of rotatable bonds is 2. The van der Waals surface area contributed by atoms with Crippen molar-refractivity contribution in [1.29, 1.82) is 0 Å². The van der Waals surface area contributed by atoms with Gasteiger partial charge in [0.2, 0.25) is 0 Å². The van der Waals surface area contributed by atoms with E-state index in [1.54, 1.807) is 0 Å². The monoisotopic (exact) mass is 257 g/mol. The molecule has 0 unspecified atom stereocenters. The number of ether oxygens (including phenoxy) is 2. The Morgan fingerprint density at radius 3 is 2.29 bits per heavy atom. The Kier molecular flexibility index (Phi) is 4.69. The van der Waals surface area contributed by atoms with Crippen LogP contribution in [0.2, 0.25) is 0 Å². The Hall–Kier alpha value is -1.36. The summed E-state index contributed by atoms with van der Waals surface area (Å²) in [4.78, 5) is 4.22. The van der Waals surface area contributed by atoms with Gasteiger partial charge >= 0.3 is 0 Å². The topological polar surface area (TPSA) is 31.4 Å². The summed E-state index contributed by atoms with van der Waals surface area (Å²) < 4.78 is 24.3. The van der Waals surface area contributed by atoms with Gasteiger partial charge in [-0.15, -0.1) is 11.3 Å². The van der Waals surface area contributed by atoms with Crippen LogP contribution in [0.5, 0.6) is 11.5 Å². The van der Waals surface area contributed by atoms with Crippen LogP contribution in [-0.2, 0) is 0 Å². The highest BCUT2D eigenvalue weighted by Gasteiger charge is 2.16. The molecule has 0 saturated heterocycles. The Balaban J connectivity index is 0.000000686. The molecule has 0 saturated carbocycles. The van der Waals surface area contributed by atoms with E-state index < -0.39 is 0 Å². The van der Waals surface area contributed by atoms with E-state index in [2.05, 4.69) is 4.98 Å². The molecule has 0 N–H and O–H groups in total. The van der Waals surface area contributed by atoms with Gasteiger partial charge in [0.25, 0.3) is 0 Å². The predicted molar refractivity (Wildman–Crippen MR) is 68.8 cm³/mol. The molecule has 1 heterocycles. The standard InChI is InChI=1S/C10H10FNO2S.C2H6/c1-5-12-9-7(14-3)4-6(13-2)8(11)10(9)15-5;1-2/h4H,1-3H3;1-2H3. The summed E-state index contributed by atoms with van der Waals surface area (Å²) >= 11 is 1.29. The fourth-order valence-electron chi connectivity index (χ4n) is 1.41. The van der Waals surface area contributed by atoms with E-state index in [-0.39, 0.29) is 11.6 Å². The Morgan fingerprint density at radius 2 is 1.76 bits per heavy atom. The van der Waals surface area contributed by atoms with Gasteiger partial charge in [-0.3, -0.25) is 0 Å². The zero-order valence-corrected chi connectivity index (χ0v) is 11.4. The molecule has 0 fully saturated rings. The highest BCUT2D eigenvalue weighted by Crippen LogP contribution is 2.37. The first kappa shape index (κ1) is 13.7. The van der Waals surface area contributed by atoms with Gasteiger partial charge < -0.3 is 9.47 Å². The smallest absolute Gasteiger partial charge is 0.184 e. The number of aryl methyl sites for hydroxylation is 1. The minimum absolute atomic E-state index is 0.183. The minimum Gasteiger partial charge on any atom is -0.494 e. The second-order valence-corrected chi connectivity index (χ2v) is 4.21. The van der Waals surface area contributed by atoms with Gasteiger partial charge in [0.05, 0.1) is 23.9 Å². The third-order valence-electron chi connectivity index (χ3n) is 2.09. The number of hydrogen-bond acceptors (Lipinski definition) is 4. The van der Waals surface area contributed by atoms with Crippen LogP contribution in [0, 0.1) is 12.7 Å². The van der Waals surface area contributed by atoms with Crippen LogP contribution in [0.3, 0.4) is 0 Å². The Bertz CT molecular complexity index is 511. The summed E-state index contributed by atoms with van der Waals surface area (Å²) in [5.41, 5.74) is 0.554. The summed E-state index contributed by atoms with van der Waals surface area (Å²) in [6.45, 7) is 5.83. The minimum atomic E-state index is -0.376. The lowest BCUT2D eigenvalue weighted by Crippen LogP contribution is -1.92. The molecule has 94 valence electrons. The zero-order chi connectivity index (χ0) is 13.0. The van der Waals surface area contributed by atoms with Crippen molar-refractivity contribution < 1.29 is 13.9 Å². The molecule has 0 bridgehead atoms. The lowest BCUT2D eigenvalue weighted by Gasteiger charge is -2.05. The van der Waals surface area contributed by atoms with E-state index in [9.17, 15) is 4.39 Å². The summed E-state index contributed by atoms with van der Waals surface area (Å²) in [6.07, 6.45) is 0. The number of hydrogen-bond donors (Lipinski definition) is 0. The number of aromatic nitrogens is 1. The number of thiazole rings is 1. The SMILES string of the molecule is CC.COc1cc(OC)c2nc(C)sc2c1F. The summed E-state index contributed by atoms with van der Waals surface area (Å²) in [5.74, 6) is 0.342. The van der Waals surface area contributed by atoms with Crippen LogP contribution in [0.15, 0.2) is 6.07 Å². The molecule has 0 radical (unpaired) electrons. The highest BCUT2D eigenvalue weighted by atomic mass is 32.1. The first-order valence-electron chi connectivity index (χ1n) is 5.35. The molecule has 1 aromatic heterocycles. The third kappa shape index (κ3) is 2.49.